The van der Waals surface area contributed by atoms with Gasteiger partial charge in [0.1, 0.15) is 5.78 Å². The van der Waals surface area contributed by atoms with Gasteiger partial charge in [-0.25, -0.2) is 0 Å². The summed E-state index contributed by atoms with van der Waals surface area (Å²) in [5, 5.41) is 0. The Bertz CT molecular complexity index is 346. The first-order valence-electron chi connectivity index (χ1n) is 6.45. The number of ketones is 1. The Morgan fingerprint density at radius 2 is 2.12 bits per heavy atom. The zero-order valence-corrected chi connectivity index (χ0v) is 11.3. The summed E-state index contributed by atoms with van der Waals surface area (Å²) in [4.78, 5) is 11.6. The Labute approximate surface area is 99.3 Å². The smallest absolute Gasteiger partial charge is 0.135 e. The van der Waals surface area contributed by atoms with Crippen molar-refractivity contribution >= 4 is 5.78 Å². The van der Waals surface area contributed by atoms with Gasteiger partial charge in [-0.3, -0.25) is 4.79 Å². The first-order chi connectivity index (χ1) is 7.25. The maximum atomic E-state index is 11.6. The van der Waals surface area contributed by atoms with Crippen LogP contribution in [0.3, 0.4) is 0 Å². The lowest BCUT2D eigenvalue weighted by molar-refractivity contribution is -0.125. The third-order valence-electron chi connectivity index (χ3n) is 5.18. The van der Waals surface area contributed by atoms with Crippen molar-refractivity contribution in [3.63, 3.8) is 0 Å². The zero-order chi connectivity index (χ0) is 12.1. The standard InChI is InChI=1S/C15H24O/c1-10(16)14(2,3)9-11-6-7-12-8-13(11)15(12,4)5/h6,12-13H,7-9H2,1-5H3/t12-,13+/m0/s1. The van der Waals surface area contributed by atoms with E-state index in [0.717, 1.165) is 18.3 Å². The molecule has 1 fully saturated rings. The monoisotopic (exact) mass is 220 g/mol. The van der Waals surface area contributed by atoms with E-state index in [0.29, 0.717) is 11.2 Å². The van der Waals surface area contributed by atoms with E-state index < -0.39 is 0 Å². The highest BCUT2D eigenvalue weighted by Gasteiger charge is 2.51. The summed E-state index contributed by atoms with van der Waals surface area (Å²) < 4.78 is 0. The van der Waals surface area contributed by atoms with Crippen molar-refractivity contribution in [2.24, 2.45) is 22.7 Å². The zero-order valence-electron chi connectivity index (χ0n) is 11.3. The highest BCUT2D eigenvalue weighted by Crippen LogP contribution is 2.60. The first-order valence-corrected chi connectivity index (χ1v) is 6.45. The Balaban J connectivity index is 2.13. The van der Waals surface area contributed by atoms with Crippen LogP contribution < -0.4 is 0 Å². The summed E-state index contributed by atoms with van der Waals surface area (Å²) in [6, 6.07) is 0. The van der Waals surface area contributed by atoms with Crippen molar-refractivity contribution in [3.8, 4) is 0 Å². The van der Waals surface area contributed by atoms with Crippen LogP contribution in [-0.2, 0) is 4.79 Å². The number of allylic oxidation sites excluding steroid dienone is 2. The van der Waals surface area contributed by atoms with Crippen LogP contribution in [0.25, 0.3) is 0 Å². The molecule has 0 radical (unpaired) electrons. The Morgan fingerprint density at radius 3 is 2.56 bits per heavy atom. The summed E-state index contributed by atoms with van der Waals surface area (Å²) >= 11 is 0. The predicted molar refractivity (Wildman–Crippen MR) is 67.2 cm³/mol. The van der Waals surface area contributed by atoms with Crippen molar-refractivity contribution in [1.29, 1.82) is 0 Å². The predicted octanol–water partition coefficient (Wildman–Crippen LogP) is 3.98. The molecular weight excluding hydrogens is 196 g/mol. The van der Waals surface area contributed by atoms with Crippen LogP contribution in [0.1, 0.15) is 53.9 Å². The van der Waals surface area contributed by atoms with E-state index in [2.05, 4.69) is 33.8 Å². The van der Waals surface area contributed by atoms with Gasteiger partial charge in [0.25, 0.3) is 0 Å². The molecule has 0 spiro atoms. The average molecular weight is 220 g/mol. The van der Waals surface area contributed by atoms with Crippen molar-refractivity contribution in [2.45, 2.75) is 53.9 Å². The molecule has 1 saturated carbocycles. The third kappa shape index (κ3) is 1.65. The molecule has 0 heterocycles. The lowest BCUT2D eigenvalue weighted by atomic mass is 9.48. The average Bonchev–Trinajstić information content (AvgIpc) is 2.16. The van der Waals surface area contributed by atoms with Gasteiger partial charge in [-0.15, -0.1) is 0 Å². The normalized spacial score (nSPS) is 31.7. The highest BCUT2D eigenvalue weighted by molar-refractivity contribution is 5.81. The van der Waals surface area contributed by atoms with Gasteiger partial charge >= 0.3 is 0 Å². The van der Waals surface area contributed by atoms with Gasteiger partial charge in [0.2, 0.25) is 0 Å². The molecule has 1 nitrogen and oxygen atoms in total. The van der Waals surface area contributed by atoms with Gasteiger partial charge < -0.3 is 0 Å². The number of hydrogen-bond acceptors (Lipinski definition) is 1. The molecule has 0 aliphatic heterocycles. The van der Waals surface area contributed by atoms with Gasteiger partial charge in [-0.1, -0.05) is 39.3 Å². The number of carbonyl (C=O) groups is 1. The lowest BCUT2D eigenvalue weighted by Gasteiger charge is -2.57. The van der Waals surface area contributed by atoms with Gasteiger partial charge in [-0.05, 0) is 43.4 Å². The molecule has 3 rings (SSSR count). The summed E-state index contributed by atoms with van der Waals surface area (Å²) in [6.07, 6.45) is 5.96. The molecule has 0 N–H and O–H groups in total. The van der Waals surface area contributed by atoms with E-state index in [1.807, 2.05) is 0 Å². The Morgan fingerprint density at radius 1 is 1.50 bits per heavy atom. The van der Waals surface area contributed by atoms with Gasteiger partial charge in [0.05, 0.1) is 0 Å². The molecule has 0 aromatic rings. The van der Waals surface area contributed by atoms with Crippen molar-refractivity contribution in [1.82, 2.24) is 0 Å². The molecule has 2 bridgehead atoms. The number of rotatable bonds is 3. The number of carbonyl (C=O) groups excluding carboxylic acids is 1. The molecule has 0 aromatic carbocycles. The number of Topliss-reactive ketones (excluding diaryl/α,β-unsaturated/α-hetero) is 1. The van der Waals surface area contributed by atoms with Crippen molar-refractivity contribution < 1.29 is 4.79 Å². The second-order valence-electron chi connectivity index (χ2n) is 6.94. The summed E-state index contributed by atoms with van der Waals surface area (Å²) in [7, 11) is 0. The maximum Gasteiger partial charge on any atom is 0.135 e. The molecule has 0 saturated heterocycles. The highest BCUT2D eigenvalue weighted by atomic mass is 16.1. The summed E-state index contributed by atoms with van der Waals surface area (Å²) in [5.74, 6) is 1.94. The van der Waals surface area contributed by atoms with E-state index in [1.165, 1.54) is 12.8 Å². The molecule has 3 aliphatic rings. The van der Waals surface area contributed by atoms with E-state index >= 15 is 0 Å². The van der Waals surface area contributed by atoms with Crippen LogP contribution in [0.5, 0.6) is 0 Å². The van der Waals surface area contributed by atoms with Crippen molar-refractivity contribution in [2.75, 3.05) is 0 Å². The molecule has 0 amide bonds. The Kier molecular flexibility index (Phi) is 2.56. The number of hydrogen-bond donors (Lipinski definition) is 0. The minimum absolute atomic E-state index is 0.176. The van der Waals surface area contributed by atoms with E-state index in [1.54, 1.807) is 12.5 Å². The molecule has 2 atom stereocenters. The molecule has 0 unspecified atom stereocenters. The molecular formula is C15H24O. The van der Waals surface area contributed by atoms with Crippen molar-refractivity contribution in [3.05, 3.63) is 11.6 Å². The first kappa shape index (κ1) is 11.9. The quantitative estimate of drug-likeness (QED) is 0.657. The topological polar surface area (TPSA) is 17.1 Å². The SMILES string of the molecule is CC(=O)C(C)(C)CC1=CC[C@H]2C[C@H]1C2(C)C. The largest absolute Gasteiger partial charge is 0.299 e. The van der Waals surface area contributed by atoms with E-state index in [-0.39, 0.29) is 5.41 Å². The van der Waals surface area contributed by atoms with Gasteiger partial charge in [0, 0.05) is 5.41 Å². The van der Waals surface area contributed by atoms with Crippen LogP contribution >= 0.6 is 0 Å². The van der Waals surface area contributed by atoms with Crippen LogP contribution in [0.15, 0.2) is 11.6 Å². The molecule has 90 valence electrons. The van der Waals surface area contributed by atoms with Gasteiger partial charge in [-0.2, -0.15) is 0 Å². The lowest BCUT2D eigenvalue weighted by Crippen LogP contribution is -2.48. The van der Waals surface area contributed by atoms with Crippen LogP contribution in [0, 0.1) is 22.7 Å². The summed E-state index contributed by atoms with van der Waals surface area (Å²) in [6.45, 7) is 10.7. The number of fused-ring (bicyclic) bond motifs is 1. The van der Waals surface area contributed by atoms with E-state index in [9.17, 15) is 4.79 Å². The fourth-order valence-electron chi connectivity index (χ4n) is 3.31. The Hall–Kier alpha value is -0.590. The van der Waals surface area contributed by atoms with Gasteiger partial charge in [0.15, 0.2) is 0 Å². The molecule has 0 aromatic heterocycles. The van der Waals surface area contributed by atoms with Crippen LogP contribution in [-0.4, -0.2) is 5.78 Å². The summed E-state index contributed by atoms with van der Waals surface area (Å²) in [5.41, 5.74) is 1.86. The van der Waals surface area contributed by atoms with Crippen LogP contribution in [0.4, 0.5) is 0 Å². The molecule has 1 heteroatoms. The second kappa shape index (κ2) is 3.45. The fourth-order valence-corrected chi connectivity index (χ4v) is 3.31. The maximum absolute atomic E-state index is 11.6. The fraction of sp³-hybridized carbons (Fsp3) is 0.800. The minimum Gasteiger partial charge on any atom is -0.299 e. The van der Waals surface area contributed by atoms with Crippen LogP contribution in [0.2, 0.25) is 0 Å². The molecule has 3 aliphatic carbocycles. The molecule has 16 heavy (non-hydrogen) atoms. The second-order valence-corrected chi connectivity index (χ2v) is 6.94. The third-order valence-corrected chi connectivity index (χ3v) is 5.18. The van der Waals surface area contributed by atoms with E-state index in [4.69, 9.17) is 0 Å². The minimum atomic E-state index is -0.176.